The smallest absolute Gasteiger partial charge is 0.326 e. The van der Waals surface area contributed by atoms with Gasteiger partial charge in [0.1, 0.15) is 12.1 Å². The Labute approximate surface area is 150 Å². The molecule has 3 rings (SSSR count). The van der Waals surface area contributed by atoms with Gasteiger partial charge in [-0.25, -0.2) is 4.79 Å². The Kier molecular flexibility index (Phi) is 4.92. The maximum absolute atomic E-state index is 12.4. The molecule has 1 aliphatic heterocycles. The molecule has 4 amide bonds. The number of esters is 1. The van der Waals surface area contributed by atoms with Gasteiger partial charge >= 0.3 is 12.0 Å². The van der Waals surface area contributed by atoms with Crippen molar-refractivity contribution in [2.24, 2.45) is 0 Å². The molecule has 1 heterocycles. The number of nitrogens with zero attached hydrogens (tertiary/aromatic N) is 1. The Bertz CT molecular complexity index is 755. The third-order valence-corrected chi connectivity index (χ3v) is 4.77. The number of para-hydroxylation sites is 1. The van der Waals surface area contributed by atoms with Gasteiger partial charge in [-0.3, -0.25) is 19.3 Å². The molecule has 138 valence electrons. The van der Waals surface area contributed by atoms with Crippen molar-refractivity contribution in [2.45, 2.75) is 38.1 Å². The summed E-state index contributed by atoms with van der Waals surface area (Å²) in [6, 6.07) is 6.63. The lowest BCUT2D eigenvalue weighted by molar-refractivity contribution is -0.150. The number of carbonyl (C=O) groups excluding carboxylic acids is 4. The number of imide groups is 1. The quantitative estimate of drug-likeness (QED) is 0.610. The van der Waals surface area contributed by atoms with Gasteiger partial charge in [0.05, 0.1) is 0 Å². The van der Waals surface area contributed by atoms with Crippen molar-refractivity contribution in [1.82, 2.24) is 10.2 Å². The Morgan fingerprint density at radius 3 is 2.62 bits per heavy atom. The van der Waals surface area contributed by atoms with E-state index in [-0.39, 0.29) is 5.91 Å². The van der Waals surface area contributed by atoms with Crippen LogP contribution < -0.4 is 10.6 Å². The lowest BCUT2D eigenvalue weighted by Gasteiger charge is -2.19. The fourth-order valence-corrected chi connectivity index (χ4v) is 3.36. The molecule has 1 aromatic carbocycles. The van der Waals surface area contributed by atoms with Gasteiger partial charge in [-0.2, -0.15) is 0 Å². The van der Waals surface area contributed by atoms with Crippen molar-refractivity contribution in [1.29, 1.82) is 0 Å². The largest absolute Gasteiger partial charge is 0.454 e. The molecule has 0 aromatic heterocycles. The van der Waals surface area contributed by atoms with Crippen molar-refractivity contribution in [2.75, 3.05) is 18.5 Å². The summed E-state index contributed by atoms with van der Waals surface area (Å²) in [7, 11) is 0. The van der Waals surface area contributed by atoms with Gasteiger partial charge in [0, 0.05) is 5.69 Å². The molecule has 1 aromatic rings. The zero-order valence-corrected chi connectivity index (χ0v) is 14.5. The van der Waals surface area contributed by atoms with Crippen LogP contribution in [0.4, 0.5) is 10.5 Å². The molecule has 0 atom stereocenters. The first kappa shape index (κ1) is 17.9. The van der Waals surface area contributed by atoms with Gasteiger partial charge < -0.3 is 15.4 Å². The minimum absolute atomic E-state index is 0.388. The third kappa shape index (κ3) is 3.54. The molecule has 1 aliphatic carbocycles. The van der Waals surface area contributed by atoms with Crippen LogP contribution in [0, 0.1) is 6.92 Å². The number of aryl methyl sites for hydroxylation is 1. The highest BCUT2D eigenvalue weighted by Gasteiger charge is 2.52. The molecule has 1 saturated carbocycles. The Balaban J connectivity index is 1.50. The molecule has 0 bridgehead atoms. The summed E-state index contributed by atoms with van der Waals surface area (Å²) in [5.41, 5.74) is 0.652. The van der Waals surface area contributed by atoms with Crippen LogP contribution in [0.25, 0.3) is 0 Å². The van der Waals surface area contributed by atoms with Crippen LogP contribution >= 0.6 is 0 Å². The molecule has 8 heteroatoms. The highest BCUT2D eigenvalue weighted by Crippen LogP contribution is 2.34. The second-order valence-corrected chi connectivity index (χ2v) is 6.63. The molecule has 2 N–H and O–H groups in total. The van der Waals surface area contributed by atoms with Crippen molar-refractivity contribution in [3.8, 4) is 0 Å². The first-order valence-electron chi connectivity index (χ1n) is 8.56. The summed E-state index contributed by atoms with van der Waals surface area (Å²) in [6.45, 7) is 0.865. The second kappa shape index (κ2) is 7.15. The average molecular weight is 359 g/mol. The fraction of sp³-hybridized carbons (Fsp3) is 0.444. The predicted octanol–water partition coefficient (Wildman–Crippen LogP) is 1.34. The summed E-state index contributed by atoms with van der Waals surface area (Å²) >= 11 is 0. The number of urea groups is 1. The van der Waals surface area contributed by atoms with E-state index in [0.717, 1.165) is 23.3 Å². The first-order chi connectivity index (χ1) is 12.4. The summed E-state index contributed by atoms with van der Waals surface area (Å²) in [5.74, 6) is -1.68. The Hall–Kier alpha value is -2.90. The van der Waals surface area contributed by atoms with E-state index in [0.29, 0.717) is 18.5 Å². The van der Waals surface area contributed by atoms with E-state index in [1.807, 2.05) is 19.1 Å². The minimum Gasteiger partial charge on any atom is -0.454 e. The minimum atomic E-state index is -0.862. The highest BCUT2D eigenvalue weighted by molar-refractivity contribution is 6.09. The van der Waals surface area contributed by atoms with Crippen LogP contribution in [0.2, 0.25) is 0 Å². The number of nitrogens with one attached hydrogen (secondary N) is 2. The van der Waals surface area contributed by atoms with Gasteiger partial charge in [0.15, 0.2) is 6.61 Å². The number of ether oxygens (including phenoxy) is 1. The van der Waals surface area contributed by atoms with Crippen molar-refractivity contribution in [3.05, 3.63) is 29.8 Å². The molecular weight excluding hydrogens is 338 g/mol. The topological polar surface area (TPSA) is 105 Å². The molecule has 8 nitrogen and oxygen atoms in total. The van der Waals surface area contributed by atoms with E-state index in [2.05, 4.69) is 10.6 Å². The standard InChI is InChI=1S/C18H21N3O5/c1-12-6-2-3-7-13(12)19-14(22)11-26-15(23)10-21-16(24)18(20-17(21)25)8-4-5-9-18/h2-3,6-7H,4-5,8-11H2,1H3,(H,19,22)(H,20,25). The van der Waals surface area contributed by atoms with Crippen LogP contribution in [0.3, 0.4) is 0 Å². The summed E-state index contributed by atoms with van der Waals surface area (Å²) < 4.78 is 4.90. The average Bonchev–Trinajstić information content (AvgIpc) is 3.16. The molecular formula is C18H21N3O5. The van der Waals surface area contributed by atoms with Gasteiger partial charge in [-0.1, -0.05) is 31.0 Å². The number of benzene rings is 1. The Morgan fingerprint density at radius 1 is 1.23 bits per heavy atom. The van der Waals surface area contributed by atoms with Crippen LogP contribution in [0.1, 0.15) is 31.2 Å². The zero-order chi connectivity index (χ0) is 18.7. The lowest BCUT2D eigenvalue weighted by Crippen LogP contribution is -2.44. The van der Waals surface area contributed by atoms with Crippen molar-refractivity contribution >= 4 is 29.5 Å². The van der Waals surface area contributed by atoms with Gasteiger partial charge in [0.2, 0.25) is 0 Å². The molecule has 0 radical (unpaired) electrons. The van der Waals surface area contributed by atoms with Crippen molar-refractivity contribution in [3.63, 3.8) is 0 Å². The fourth-order valence-electron chi connectivity index (χ4n) is 3.36. The maximum atomic E-state index is 12.4. The number of hydrogen-bond donors (Lipinski definition) is 2. The SMILES string of the molecule is Cc1ccccc1NC(=O)COC(=O)CN1C(=O)NC2(CCCC2)C1=O. The van der Waals surface area contributed by atoms with E-state index in [1.165, 1.54) is 0 Å². The lowest BCUT2D eigenvalue weighted by atomic mass is 9.98. The van der Waals surface area contributed by atoms with E-state index in [1.54, 1.807) is 12.1 Å². The van der Waals surface area contributed by atoms with Crippen LogP contribution in [-0.2, 0) is 19.1 Å². The van der Waals surface area contributed by atoms with E-state index in [4.69, 9.17) is 4.74 Å². The molecule has 0 unspecified atom stereocenters. The molecule has 1 saturated heterocycles. The van der Waals surface area contributed by atoms with E-state index in [9.17, 15) is 19.2 Å². The summed E-state index contributed by atoms with van der Waals surface area (Å²) in [6.07, 6.45) is 2.90. The van der Waals surface area contributed by atoms with Gasteiger partial charge in [-0.05, 0) is 31.4 Å². The second-order valence-electron chi connectivity index (χ2n) is 6.63. The molecule has 1 spiro atoms. The number of amides is 4. The number of hydrogen-bond acceptors (Lipinski definition) is 5. The highest BCUT2D eigenvalue weighted by atomic mass is 16.5. The van der Waals surface area contributed by atoms with E-state index < -0.39 is 36.6 Å². The zero-order valence-electron chi connectivity index (χ0n) is 14.5. The number of rotatable bonds is 5. The molecule has 2 aliphatic rings. The third-order valence-electron chi connectivity index (χ3n) is 4.77. The number of anilines is 1. The van der Waals surface area contributed by atoms with E-state index >= 15 is 0 Å². The predicted molar refractivity (Wildman–Crippen MR) is 92.2 cm³/mol. The van der Waals surface area contributed by atoms with Crippen LogP contribution in [0.15, 0.2) is 24.3 Å². The van der Waals surface area contributed by atoms with Crippen LogP contribution in [0.5, 0.6) is 0 Å². The normalized spacial score (nSPS) is 18.1. The van der Waals surface area contributed by atoms with Crippen LogP contribution in [-0.4, -0.2) is 47.4 Å². The Morgan fingerprint density at radius 2 is 1.92 bits per heavy atom. The van der Waals surface area contributed by atoms with Gasteiger partial charge in [-0.15, -0.1) is 0 Å². The first-order valence-corrected chi connectivity index (χ1v) is 8.56. The summed E-state index contributed by atoms with van der Waals surface area (Å²) in [5, 5.41) is 5.33. The monoisotopic (exact) mass is 359 g/mol. The molecule has 2 fully saturated rings. The summed E-state index contributed by atoms with van der Waals surface area (Å²) in [4.78, 5) is 49.2. The maximum Gasteiger partial charge on any atom is 0.326 e. The van der Waals surface area contributed by atoms with Gasteiger partial charge in [0.25, 0.3) is 11.8 Å². The molecule has 26 heavy (non-hydrogen) atoms. The number of carbonyl (C=O) groups is 4. The van der Waals surface area contributed by atoms with Crippen molar-refractivity contribution < 1.29 is 23.9 Å².